The van der Waals surface area contributed by atoms with Crippen LogP contribution in [0.3, 0.4) is 0 Å². The van der Waals surface area contributed by atoms with Gasteiger partial charge in [0.15, 0.2) is 0 Å². The average molecular weight is 396 g/mol. The summed E-state index contributed by atoms with van der Waals surface area (Å²) in [5.74, 6) is 0.793. The number of nitrogens with zero attached hydrogens (tertiary/aromatic N) is 2. The molecule has 1 aromatic heterocycles. The minimum atomic E-state index is -0.507. The molecule has 0 bridgehead atoms. The molecule has 0 radical (unpaired) electrons. The van der Waals surface area contributed by atoms with Gasteiger partial charge in [0.25, 0.3) is 0 Å². The predicted molar refractivity (Wildman–Crippen MR) is 119 cm³/mol. The first kappa shape index (κ1) is 21.2. The molecule has 0 unspecified atom stereocenters. The number of benzene rings is 1. The number of carbonyl (C=O) groups is 1. The first-order chi connectivity index (χ1) is 13.7. The highest BCUT2D eigenvalue weighted by Gasteiger charge is 2.25. The molecule has 1 aliphatic heterocycles. The van der Waals surface area contributed by atoms with E-state index in [1.807, 2.05) is 52.9 Å². The van der Waals surface area contributed by atoms with Crippen LogP contribution in [0, 0.1) is 20.8 Å². The Morgan fingerprint density at radius 1 is 1.14 bits per heavy atom. The van der Waals surface area contributed by atoms with Crippen LogP contribution in [0.2, 0.25) is 0 Å². The Hall–Kier alpha value is -2.56. The number of piperidine rings is 1. The zero-order valence-corrected chi connectivity index (χ0v) is 18.5. The molecule has 5 heteroatoms. The average Bonchev–Trinajstić information content (AvgIpc) is 2.65. The number of aromatic nitrogens is 1. The fraction of sp³-hybridized carbons (Fsp3) is 0.500. The van der Waals surface area contributed by atoms with Crippen molar-refractivity contribution in [2.45, 2.75) is 66.0 Å². The smallest absolute Gasteiger partial charge is 0.339 e. The van der Waals surface area contributed by atoms with E-state index < -0.39 is 5.60 Å². The van der Waals surface area contributed by atoms with Crippen LogP contribution >= 0.6 is 0 Å². The third-order valence-electron chi connectivity index (χ3n) is 5.39. The van der Waals surface area contributed by atoms with E-state index in [2.05, 4.69) is 34.3 Å². The Balaban J connectivity index is 1.74. The second-order valence-electron chi connectivity index (χ2n) is 8.98. The van der Waals surface area contributed by atoms with Crippen molar-refractivity contribution in [1.29, 1.82) is 0 Å². The van der Waals surface area contributed by atoms with E-state index in [-0.39, 0.29) is 5.97 Å². The van der Waals surface area contributed by atoms with Crippen LogP contribution in [0.1, 0.15) is 60.7 Å². The lowest BCUT2D eigenvalue weighted by atomic mass is 9.95. The topological polar surface area (TPSA) is 54.5 Å². The molecular weight excluding hydrogens is 362 g/mol. The maximum absolute atomic E-state index is 12.8. The van der Waals surface area contributed by atoms with Gasteiger partial charge in [-0.2, -0.15) is 0 Å². The van der Waals surface area contributed by atoms with E-state index in [9.17, 15) is 4.79 Å². The Bertz CT molecular complexity index is 864. The largest absolute Gasteiger partial charge is 0.456 e. The summed E-state index contributed by atoms with van der Waals surface area (Å²) in [6, 6.07) is 8.50. The standard InChI is InChI=1S/C24H33N3O2/c1-16-15-17(2)22(18(3)21(16)23(28)29-24(4,5)6)26-19-10-13-27(14-11-19)20-9-7-8-12-25-20/h7-9,12,15,19,26H,10-11,13-14H2,1-6H3. The molecule has 156 valence electrons. The third-order valence-corrected chi connectivity index (χ3v) is 5.39. The number of aryl methyl sites for hydroxylation is 2. The molecule has 1 saturated heterocycles. The molecule has 0 amide bonds. The lowest BCUT2D eigenvalue weighted by molar-refractivity contribution is 0.00680. The van der Waals surface area contributed by atoms with Gasteiger partial charge in [-0.05, 0) is 83.2 Å². The molecular formula is C24H33N3O2. The van der Waals surface area contributed by atoms with Crippen LogP contribution < -0.4 is 10.2 Å². The molecule has 1 aromatic carbocycles. The van der Waals surface area contributed by atoms with Crippen molar-refractivity contribution in [3.63, 3.8) is 0 Å². The van der Waals surface area contributed by atoms with E-state index >= 15 is 0 Å². The summed E-state index contributed by atoms with van der Waals surface area (Å²) in [6.45, 7) is 13.7. The molecule has 0 atom stereocenters. The van der Waals surface area contributed by atoms with E-state index in [1.165, 1.54) is 5.56 Å². The number of nitrogens with one attached hydrogen (secondary N) is 1. The first-order valence-electron chi connectivity index (χ1n) is 10.4. The monoisotopic (exact) mass is 395 g/mol. The minimum Gasteiger partial charge on any atom is -0.456 e. The summed E-state index contributed by atoms with van der Waals surface area (Å²) in [6.07, 6.45) is 3.91. The van der Waals surface area contributed by atoms with Gasteiger partial charge in [-0.3, -0.25) is 0 Å². The maximum atomic E-state index is 12.8. The van der Waals surface area contributed by atoms with Crippen molar-refractivity contribution in [2.75, 3.05) is 23.3 Å². The summed E-state index contributed by atoms with van der Waals surface area (Å²) in [7, 11) is 0. The van der Waals surface area contributed by atoms with Crippen molar-refractivity contribution in [1.82, 2.24) is 4.98 Å². The number of anilines is 2. The van der Waals surface area contributed by atoms with Gasteiger partial charge < -0.3 is 15.0 Å². The second kappa shape index (κ2) is 8.44. The van der Waals surface area contributed by atoms with E-state index in [0.717, 1.165) is 48.6 Å². The lowest BCUT2D eigenvalue weighted by Crippen LogP contribution is -2.39. The number of carbonyl (C=O) groups excluding carboxylic acids is 1. The van der Waals surface area contributed by atoms with Crippen LogP contribution in [-0.2, 0) is 4.74 Å². The number of hydrogen-bond donors (Lipinski definition) is 1. The molecule has 3 rings (SSSR count). The summed E-state index contributed by atoms with van der Waals surface area (Å²) in [5, 5.41) is 3.72. The fourth-order valence-electron chi connectivity index (χ4n) is 4.05. The van der Waals surface area contributed by atoms with Gasteiger partial charge in [0.1, 0.15) is 11.4 Å². The minimum absolute atomic E-state index is 0.250. The molecule has 2 aromatic rings. The molecule has 5 nitrogen and oxygen atoms in total. The van der Waals surface area contributed by atoms with Crippen LogP contribution in [-0.4, -0.2) is 35.7 Å². The van der Waals surface area contributed by atoms with Gasteiger partial charge in [0.05, 0.1) is 5.56 Å². The fourth-order valence-corrected chi connectivity index (χ4v) is 4.05. The Morgan fingerprint density at radius 3 is 2.41 bits per heavy atom. The summed E-state index contributed by atoms with van der Waals surface area (Å²) in [4.78, 5) is 19.6. The normalized spacial score (nSPS) is 15.3. The number of rotatable bonds is 4. The van der Waals surface area contributed by atoms with Crippen LogP contribution in [0.4, 0.5) is 11.5 Å². The summed E-state index contributed by atoms with van der Waals surface area (Å²) in [5.41, 5.74) is 4.34. The summed E-state index contributed by atoms with van der Waals surface area (Å²) < 4.78 is 5.65. The van der Waals surface area contributed by atoms with Crippen molar-refractivity contribution in [2.24, 2.45) is 0 Å². The number of pyridine rings is 1. The quantitative estimate of drug-likeness (QED) is 0.735. The number of hydrogen-bond acceptors (Lipinski definition) is 5. The zero-order valence-electron chi connectivity index (χ0n) is 18.5. The van der Waals surface area contributed by atoms with Crippen LogP contribution in [0.5, 0.6) is 0 Å². The highest BCUT2D eigenvalue weighted by atomic mass is 16.6. The molecule has 29 heavy (non-hydrogen) atoms. The van der Waals surface area contributed by atoms with Crippen molar-refractivity contribution < 1.29 is 9.53 Å². The van der Waals surface area contributed by atoms with Gasteiger partial charge in [0, 0.05) is 31.0 Å². The molecule has 0 saturated carbocycles. The van der Waals surface area contributed by atoms with Gasteiger partial charge in [-0.1, -0.05) is 12.1 Å². The van der Waals surface area contributed by atoms with Crippen LogP contribution in [0.25, 0.3) is 0 Å². The molecule has 1 fully saturated rings. The zero-order chi connectivity index (χ0) is 21.2. The highest BCUT2D eigenvalue weighted by molar-refractivity contribution is 5.95. The van der Waals surface area contributed by atoms with E-state index in [4.69, 9.17) is 4.74 Å². The van der Waals surface area contributed by atoms with Gasteiger partial charge in [-0.15, -0.1) is 0 Å². The molecule has 2 heterocycles. The number of ether oxygens (including phenoxy) is 1. The first-order valence-corrected chi connectivity index (χ1v) is 10.4. The van der Waals surface area contributed by atoms with Gasteiger partial charge in [-0.25, -0.2) is 9.78 Å². The highest BCUT2D eigenvalue weighted by Crippen LogP contribution is 2.30. The maximum Gasteiger partial charge on any atom is 0.339 e. The summed E-state index contributed by atoms with van der Waals surface area (Å²) >= 11 is 0. The van der Waals surface area contributed by atoms with Crippen molar-refractivity contribution in [3.05, 3.63) is 52.7 Å². The molecule has 1 aliphatic rings. The van der Waals surface area contributed by atoms with Gasteiger partial charge >= 0.3 is 5.97 Å². The van der Waals surface area contributed by atoms with E-state index in [1.54, 1.807) is 0 Å². The van der Waals surface area contributed by atoms with Crippen LogP contribution in [0.15, 0.2) is 30.5 Å². The van der Waals surface area contributed by atoms with Crippen molar-refractivity contribution >= 4 is 17.5 Å². The van der Waals surface area contributed by atoms with Crippen molar-refractivity contribution in [3.8, 4) is 0 Å². The molecule has 1 N–H and O–H groups in total. The predicted octanol–water partition coefficient (Wildman–Crippen LogP) is 5.04. The van der Waals surface area contributed by atoms with E-state index in [0.29, 0.717) is 11.6 Å². The SMILES string of the molecule is Cc1cc(C)c(C(=O)OC(C)(C)C)c(C)c1NC1CCN(c2ccccn2)CC1. The second-order valence-corrected chi connectivity index (χ2v) is 8.98. The Kier molecular flexibility index (Phi) is 6.15. The third kappa shape index (κ3) is 5.08. The molecule has 0 aliphatic carbocycles. The number of esters is 1. The Morgan fingerprint density at radius 2 is 1.83 bits per heavy atom. The Labute approximate surface area is 174 Å². The van der Waals surface area contributed by atoms with Gasteiger partial charge in [0.2, 0.25) is 0 Å². The molecule has 0 spiro atoms. The lowest BCUT2D eigenvalue weighted by Gasteiger charge is -2.34.